The molecule has 0 saturated carbocycles. The highest BCUT2D eigenvalue weighted by atomic mass is 15.2. The molecule has 3 rings (SSSR count). The molecular weight excluding hydrogens is 260 g/mol. The Hall–Kier alpha value is -1.81. The van der Waals surface area contributed by atoms with E-state index in [1.54, 1.807) is 0 Å². The predicted octanol–water partition coefficient (Wildman–Crippen LogP) is 2.71. The Kier molecular flexibility index (Phi) is 4.25. The fraction of sp³-hybridized carbons (Fsp3) is 0.471. The molecule has 4 nitrogen and oxygen atoms in total. The molecule has 0 atom stereocenters. The van der Waals surface area contributed by atoms with Gasteiger partial charge in [-0.25, -0.2) is 4.98 Å². The summed E-state index contributed by atoms with van der Waals surface area (Å²) in [7, 11) is 0. The van der Waals surface area contributed by atoms with E-state index in [1.807, 2.05) is 6.20 Å². The number of nitrogens with zero attached hydrogens (tertiary/aromatic N) is 3. The largest absolute Gasteiger partial charge is 0.362 e. The number of nitrogens with one attached hydrogen (secondary N) is 1. The molecule has 0 fully saturated rings. The third-order valence-electron chi connectivity index (χ3n) is 4.10. The second-order valence-electron chi connectivity index (χ2n) is 5.76. The molecule has 1 aliphatic heterocycles. The van der Waals surface area contributed by atoms with Gasteiger partial charge in [-0.2, -0.15) is 0 Å². The molecule has 0 amide bonds. The summed E-state index contributed by atoms with van der Waals surface area (Å²) in [5.74, 6) is 1.16. The van der Waals surface area contributed by atoms with Gasteiger partial charge in [-0.05, 0) is 37.1 Å². The Morgan fingerprint density at radius 1 is 1.29 bits per heavy atom. The van der Waals surface area contributed by atoms with E-state index in [0.29, 0.717) is 0 Å². The van der Waals surface area contributed by atoms with Crippen LogP contribution in [0.1, 0.15) is 30.3 Å². The predicted molar refractivity (Wildman–Crippen MR) is 86.5 cm³/mol. The molecule has 2 heterocycles. The summed E-state index contributed by atoms with van der Waals surface area (Å²) in [6, 6.07) is 6.81. The fourth-order valence-corrected chi connectivity index (χ4v) is 2.97. The molecule has 0 unspecified atom stereocenters. The minimum Gasteiger partial charge on any atom is -0.362 e. The Morgan fingerprint density at radius 2 is 2.19 bits per heavy atom. The number of fused-ring (bicyclic) bond motifs is 1. The van der Waals surface area contributed by atoms with Crippen molar-refractivity contribution in [1.29, 1.82) is 0 Å². The first-order valence-corrected chi connectivity index (χ1v) is 7.83. The smallest absolute Gasteiger partial charge is 0.128 e. The zero-order chi connectivity index (χ0) is 14.7. The number of aromatic nitrogens is 2. The lowest BCUT2D eigenvalue weighted by Crippen LogP contribution is -2.34. The Bertz CT molecular complexity index is 603. The van der Waals surface area contributed by atoms with Gasteiger partial charge in [-0.15, -0.1) is 0 Å². The van der Waals surface area contributed by atoms with Crippen LogP contribution < -0.4 is 10.2 Å². The number of anilines is 1. The molecule has 0 aliphatic carbocycles. The van der Waals surface area contributed by atoms with Crippen molar-refractivity contribution in [2.75, 3.05) is 18.0 Å². The van der Waals surface area contributed by atoms with Gasteiger partial charge in [0.2, 0.25) is 0 Å². The van der Waals surface area contributed by atoms with Crippen LogP contribution in [0.5, 0.6) is 0 Å². The zero-order valence-corrected chi connectivity index (χ0v) is 13.0. The highest BCUT2D eigenvalue weighted by Gasteiger charge is 2.18. The van der Waals surface area contributed by atoms with Crippen LogP contribution in [0.2, 0.25) is 0 Å². The second kappa shape index (κ2) is 6.31. The minimum absolute atomic E-state index is 0.904. The number of imidazole rings is 1. The third kappa shape index (κ3) is 3.10. The number of aryl methyl sites for hydroxylation is 1. The van der Waals surface area contributed by atoms with E-state index < -0.39 is 0 Å². The molecule has 1 aliphatic rings. The van der Waals surface area contributed by atoms with Gasteiger partial charge in [0.25, 0.3) is 0 Å². The van der Waals surface area contributed by atoms with Gasteiger partial charge in [0.05, 0.1) is 6.54 Å². The number of hydrogen-bond acceptors (Lipinski definition) is 3. The van der Waals surface area contributed by atoms with Gasteiger partial charge in [0.15, 0.2) is 0 Å². The Balaban J connectivity index is 1.71. The van der Waals surface area contributed by atoms with E-state index in [-0.39, 0.29) is 0 Å². The van der Waals surface area contributed by atoms with Crippen LogP contribution in [-0.4, -0.2) is 22.6 Å². The van der Waals surface area contributed by atoms with E-state index >= 15 is 0 Å². The van der Waals surface area contributed by atoms with Crippen molar-refractivity contribution >= 4 is 5.69 Å². The summed E-state index contributed by atoms with van der Waals surface area (Å²) < 4.78 is 2.24. The standard InChI is InChI=1S/C17H24N4/c1-3-6-18-12-15-4-5-16(14(2)11-15)21-10-9-20-8-7-19-17(20)13-21/h4-5,7-8,11,18H,3,6,9-10,12-13H2,1-2H3. The average molecular weight is 284 g/mol. The van der Waals surface area contributed by atoms with Crippen molar-refractivity contribution in [2.45, 2.75) is 39.9 Å². The van der Waals surface area contributed by atoms with Gasteiger partial charge in [0, 0.05) is 37.7 Å². The van der Waals surface area contributed by atoms with Gasteiger partial charge < -0.3 is 14.8 Å². The van der Waals surface area contributed by atoms with Crippen molar-refractivity contribution in [3.63, 3.8) is 0 Å². The van der Waals surface area contributed by atoms with E-state index in [1.165, 1.54) is 23.2 Å². The van der Waals surface area contributed by atoms with Gasteiger partial charge in [-0.3, -0.25) is 0 Å². The molecule has 0 bridgehead atoms. The summed E-state index contributed by atoms with van der Waals surface area (Å²) in [5.41, 5.74) is 4.05. The van der Waals surface area contributed by atoms with Crippen LogP contribution in [0.3, 0.4) is 0 Å². The Morgan fingerprint density at radius 3 is 3.00 bits per heavy atom. The molecule has 2 aromatic rings. The molecule has 112 valence electrons. The molecule has 0 radical (unpaired) electrons. The Labute approximate surface area is 126 Å². The van der Waals surface area contributed by atoms with E-state index in [9.17, 15) is 0 Å². The topological polar surface area (TPSA) is 33.1 Å². The molecule has 21 heavy (non-hydrogen) atoms. The molecule has 0 spiro atoms. The highest BCUT2D eigenvalue weighted by Crippen LogP contribution is 2.25. The maximum Gasteiger partial charge on any atom is 0.128 e. The first kappa shape index (κ1) is 14.1. The number of benzene rings is 1. The summed E-state index contributed by atoms with van der Waals surface area (Å²) in [6.07, 6.45) is 5.15. The average Bonchev–Trinajstić information content (AvgIpc) is 2.95. The summed E-state index contributed by atoms with van der Waals surface area (Å²) >= 11 is 0. The zero-order valence-electron chi connectivity index (χ0n) is 13.0. The van der Waals surface area contributed by atoms with E-state index in [0.717, 1.165) is 38.5 Å². The van der Waals surface area contributed by atoms with Crippen LogP contribution in [0.25, 0.3) is 0 Å². The maximum atomic E-state index is 4.44. The quantitative estimate of drug-likeness (QED) is 0.857. The first-order chi connectivity index (χ1) is 10.3. The highest BCUT2D eigenvalue weighted by molar-refractivity contribution is 5.54. The van der Waals surface area contributed by atoms with Crippen LogP contribution in [0.15, 0.2) is 30.6 Å². The molecule has 0 saturated heterocycles. The van der Waals surface area contributed by atoms with Crippen LogP contribution in [-0.2, 0) is 19.6 Å². The lowest BCUT2D eigenvalue weighted by molar-refractivity contribution is 0.559. The van der Waals surface area contributed by atoms with E-state index in [2.05, 4.69) is 58.0 Å². The summed E-state index contributed by atoms with van der Waals surface area (Å²) in [5, 5.41) is 3.46. The molecular formula is C17H24N4. The van der Waals surface area contributed by atoms with Crippen LogP contribution in [0.4, 0.5) is 5.69 Å². The molecule has 1 N–H and O–H groups in total. The monoisotopic (exact) mass is 284 g/mol. The van der Waals surface area contributed by atoms with Crippen LogP contribution >= 0.6 is 0 Å². The number of rotatable bonds is 5. The first-order valence-electron chi connectivity index (χ1n) is 7.83. The second-order valence-corrected chi connectivity index (χ2v) is 5.76. The van der Waals surface area contributed by atoms with Crippen molar-refractivity contribution in [2.24, 2.45) is 0 Å². The van der Waals surface area contributed by atoms with Gasteiger partial charge in [-0.1, -0.05) is 19.1 Å². The number of hydrogen-bond donors (Lipinski definition) is 1. The molecule has 1 aromatic carbocycles. The molecule has 1 aromatic heterocycles. The molecule has 4 heteroatoms. The van der Waals surface area contributed by atoms with Crippen molar-refractivity contribution < 1.29 is 0 Å². The maximum absolute atomic E-state index is 4.44. The summed E-state index contributed by atoms with van der Waals surface area (Å²) in [6.45, 7) is 9.42. The van der Waals surface area contributed by atoms with Crippen molar-refractivity contribution in [1.82, 2.24) is 14.9 Å². The van der Waals surface area contributed by atoms with Crippen LogP contribution in [0, 0.1) is 6.92 Å². The van der Waals surface area contributed by atoms with Crippen molar-refractivity contribution in [3.8, 4) is 0 Å². The van der Waals surface area contributed by atoms with E-state index in [4.69, 9.17) is 0 Å². The SMILES string of the molecule is CCCNCc1ccc(N2CCn3ccnc3C2)c(C)c1. The van der Waals surface area contributed by atoms with Gasteiger partial charge >= 0.3 is 0 Å². The van der Waals surface area contributed by atoms with Gasteiger partial charge in [0.1, 0.15) is 5.82 Å². The lowest BCUT2D eigenvalue weighted by atomic mass is 10.1. The third-order valence-corrected chi connectivity index (χ3v) is 4.10. The summed E-state index contributed by atoms with van der Waals surface area (Å²) in [4.78, 5) is 6.87. The fourth-order valence-electron chi connectivity index (χ4n) is 2.97. The van der Waals surface area contributed by atoms with Crippen molar-refractivity contribution in [3.05, 3.63) is 47.5 Å². The minimum atomic E-state index is 0.904. The normalized spacial score (nSPS) is 14.3. The lowest BCUT2D eigenvalue weighted by Gasteiger charge is -2.31.